The first kappa shape index (κ1) is 20.8. The lowest BCUT2D eigenvalue weighted by atomic mass is 9.83. The number of imide groups is 1. The molecule has 0 spiro atoms. The summed E-state index contributed by atoms with van der Waals surface area (Å²) in [6.45, 7) is 0. The molecule has 4 atom stereocenters. The smallest absolute Gasteiger partial charge is 0.240 e. The minimum atomic E-state index is -0.948. The van der Waals surface area contributed by atoms with Gasteiger partial charge in [0.05, 0.1) is 23.6 Å². The number of Topliss-reactive ketones (excluding diaryl/α,β-unsaturated/α-hetero) is 1. The second-order valence-electron chi connectivity index (χ2n) is 8.67. The summed E-state index contributed by atoms with van der Waals surface area (Å²) in [4.78, 5) is 43.9. The normalized spacial score (nSPS) is 24.8. The van der Waals surface area contributed by atoms with E-state index >= 15 is 0 Å². The first-order valence-corrected chi connectivity index (χ1v) is 11.3. The molecule has 3 aliphatic heterocycles. The third-order valence-electron chi connectivity index (χ3n) is 6.95. The molecular formula is C27H18ClFN2O3. The predicted octanol–water partition coefficient (Wildman–Crippen LogP) is 4.88. The Labute approximate surface area is 200 Å². The van der Waals surface area contributed by atoms with Gasteiger partial charge in [-0.25, -0.2) is 9.29 Å². The molecule has 3 aliphatic rings. The fourth-order valence-electron chi connectivity index (χ4n) is 5.51. The topological polar surface area (TPSA) is 57.7 Å². The van der Waals surface area contributed by atoms with Crippen LogP contribution in [0.1, 0.15) is 27.5 Å². The fourth-order valence-corrected chi connectivity index (χ4v) is 5.64. The Bertz CT molecular complexity index is 1390. The number of hydrogen-bond acceptors (Lipinski definition) is 4. The van der Waals surface area contributed by atoms with E-state index in [4.69, 9.17) is 11.6 Å². The summed E-state index contributed by atoms with van der Waals surface area (Å²) in [6, 6.07) is 18.4. The van der Waals surface area contributed by atoms with Gasteiger partial charge in [-0.05, 0) is 53.6 Å². The number of carbonyl (C=O) groups excluding carboxylic acids is 3. The van der Waals surface area contributed by atoms with Crippen LogP contribution in [0.3, 0.4) is 0 Å². The first-order valence-electron chi connectivity index (χ1n) is 10.9. The third-order valence-corrected chi connectivity index (χ3v) is 7.20. The van der Waals surface area contributed by atoms with Crippen LogP contribution in [0, 0.1) is 17.7 Å². The van der Waals surface area contributed by atoms with Crippen LogP contribution in [-0.4, -0.2) is 28.5 Å². The Morgan fingerprint density at radius 3 is 2.29 bits per heavy atom. The number of amides is 2. The Balaban J connectivity index is 1.51. The molecule has 34 heavy (non-hydrogen) atoms. The largest absolute Gasteiger partial charge is 0.358 e. The molecule has 3 aromatic carbocycles. The van der Waals surface area contributed by atoms with Crippen molar-refractivity contribution in [2.24, 2.45) is 11.8 Å². The Hall–Kier alpha value is -3.77. The van der Waals surface area contributed by atoms with E-state index in [-0.39, 0.29) is 11.5 Å². The first-order chi connectivity index (χ1) is 16.5. The Morgan fingerprint density at radius 2 is 1.53 bits per heavy atom. The molecule has 0 saturated carbocycles. The number of halogens is 2. The standard InChI is InChI=1S/C27H18ClFN2O3/c28-17-11-9-16(10-12-17)25(32)24-22-21(23-18-6-2-1-5-15(18)13-14-30(23)24)26(33)31(27(22)34)20-8-4-3-7-19(20)29/h1-14,21-24H/t21-,22+,23-,24-/m0/s1. The Morgan fingerprint density at radius 1 is 0.853 bits per heavy atom. The minimum absolute atomic E-state index is 0.0872. The van der Waals surface area contributed by atoms with Crippen molar-refractivity contribution in [2.45, 2.75) is 12.1 Å². The van der Waals surface area contributed by atoms with Gasteiger partial charge in [-0.1, -0.05) is 48.0 Å². The summed E-state index contributed by atoms with van der Waals surface area (Å²) in [5, 5.41) is 0.489. The number of hydrogen-bond donors (Lipinski definition) is 0. The Kier molecular flexibility index (Phi) is 4.67. The van der Waals surface area contributed by atoms with Crippen molar-refractivity contribution in [1.29, 1.82) is 0 Å². The van der Waals surface area contributed by atoms with Crippen LogP contribution >= 0.6 is 11.6 Å². The van der Waals surface area contributed by atoms with Gasteiger partial charge in [-0.15, -0.1) is 0 Å². The predicted molar refractivity (Wildman–Crippen MR) is 125 cm³/mol. The molecule has 0 N–H and O–H groups in total. The van der Waals surface area contributed by atoms with Crippen LogP contribution in [0.5, 0.6) is 0 Å². The summed E-state index contributed by atoms with van der Waals surface area (Å²) in [6.07, 6.45) is 3.68. The molecule has 0 unspecified atom stereocenters. The monoisotopic (exact) mass is 472 g/mol. The molecule has 3 aromatic rings. The van der Waals surface area contributed by atoms with Crippen molar-refractivity contribution in [3.63, 3.8) is 0 Å². The maximum atomic E-state index is 14.6. The second kappa shape index (κ2) is 7.64. The summed E-state index contributed by atoms with van der Waals surface area (Å²) in [5.74, 6) is -3.77. The van der Waals surface area contributed by atoms with Crippen molar-refractivity contribution >= 4 is 41.0 Å². The molecule has 0 aliphatic carbocycles. The van der Waals surface area contributed by atoms with Gasteiger partial charge in [0.1, 0.15) is 11.9 Å². The molecule has 6 rings (SSSR count). The van der Waals surface area contributed by atoms with Gasteiger partial charge in [0.15, 0.2) is 5.78 Å². The van der Waals surface area contributed by atoms with Gasteiger partial charge in [-0.2, -0.15) is 0 Å². The van der Waals surface area contributed by atoms with E-state index in [1.807, 2.05) is 35.2 Å². The van der Waals surface area contributed by atoms with Gasteiger partial charge in [0.2, 0.25) is 11.8 Å². The van der Waals surface area contributed by atoms with Gasteiger partial charge >= 0.3 is 0 Å². The van der Waals surface area contributed by atoms with Gasteiger partial charge in [0.25, 0.3) is 0 Å². The highest BCUT2D eigenvalue weighted by Gasteiger charge is 2.64. The van der Waals surface area contributed by atoms with Crippen molar-refractivity contribution < 1.29 is 18.8 Å². The lowest BCUT2D eigenvalue weighted by molar-refractivity contribution is -0.123. The van der Waals surface area contributed by atoms with E-state index in [0.717, 1.165) is 16.0 Å². The second-order valence-corrected chi connectivity index (χ2v) is 9.10. The highest BCUT2D eigenvalue weighted by atomic mass is 35.5. The van der Waals surface area contributed by atoms with Crippen molar-refractivity contribution in [3.05, 3.63) is 107 Å². The van der Waals surface area contributed by atoms with Gasteiger partial charge in [0, 0.05) is 16.8 Å². The molecule has 0 radical (unpaired) electrons. The summed E-state index contributed by atoms with van der Waals surface area (Å²) < 4.78 is 14.6. The van der Waals surface area contributed by atoms with Crippen LogP contribution < -0.4 is 4.90 Å². The molecule has 2 fully saturated rings. The molecule has 0 aromatic heterocycles. The number of anilines is 1. The van der Waals surface area contributed by atoms with E-state index in [1.165, 1.54) is 18.2 Å². The molecule has 2 amide bonds. The van der Waals surface area contributed by atoms with Gasteiger partial charge < -0.3 is 4.90 Å². The number of ketones is 1. The maximum Gasteiger partial charge on any atom is 0.240 e. The summed E-state index contributed by atoms with van der Waals surface area (Å²) in [7, 11) is 0. The molecule has 7 heteroatoms. The number of carbonyl (C=O) groups is 3. The van der Waals surface area contributed by atoms with E-state index < -0.39 is 41.6 Å². The average molecular weight is 473 g/mol. The maximum absolute atomic E-state index is 14.6. The van der Waals surface area contributed by atoms with Crippen LogP contribution in [0.4, 0.5) is 10.1 Å². The van der Waals surface area contributed by atoms with Crippen molar-refractivity contribution in [1.82, 2.24) is 4.90 Å². The molecular weight excluding hydrogens is 455 g/mol. The number of rotatable bonds is 3. The minimum Gasteiger partial charge on any atom is -0.358 e. The van der Waals surface area contributed by atoms with E-state index in [1.54, 1.807) is 36.5 Å². The number of fused-ring (bicyclic) bond motifs is 5. The van der Waals surface area contributed by atoms with Crippen molar-refractivity contribution in [2.75, 3.05) is 4.90 Å². The quantitative estimate of drug-likeness (QED) is 0.403. The van der Waals surface area contributed by atoms with Crippen LogP contribution in [-0.2, 0) is 9.59 Å². The van der Waals surface area contributed by atoms with Crippen LogP contribution in [0.25, 0.3) is 6.08 Å². The SMILES string of the molecule is O=C(c1ccc(Cl)cc1)[C@@H]1[C@@H]2C(=O)N(c3ccccc3F)C(=O)[C@@H]2[C@@H]2c3ccccc3C=CN12. The molecule has 0 bridgehead atoms. The summed E-state index contributed by atoms with van der Waals surface area (Å²) in [5.41, 5.74) is 2.09. The van der Waals surface area contributed by atoms with Crippen LogP contribution in [0.2, 0.25) is 5.02 Å². The fraction of sp³-hybridized carbons (Fsp3) is 0.148. The zero-order chi connectivity index (χ0) is 23.6. The van der Waals surface area contributed by atoms with E-state index in [9.17, 15) is 18.8 Å². The lowest BCUT2D eigenvalue weighted by Crippen LogP contribution is -2.44. The molecule has 3 heterocycles. The zero-order valence-electron chi connectivity index (χ0n) is 17.8. The third kappa shape index (κ3) is 2.88. The van der Waals surface area contributed by atoms with Crippen LogP contribution in [0.15, 0.2) is 79.0 Å². The lowest BCUT2D eigenvalue weighted by Gasteiger charge is -2.35. The van der Waals surface area contributed by atoms with E-state index in [0.29, 0.717) is 10.6 Å². The molecule has 5 nitrogen and oxygen atoms in total. The zero-order valence-corrected chi connectivity index (χ0v) is 18.5. The number of para-hydroxylation sites is 1. The van der Waals surface area contributed by atoms with Crippen molar-refractivity contribution in [3.8, 4) is 0 Å². The average Bonchev–Trinajstić information content (AvgIpc) is 3.32. The summed E-state index contributed by atoms with van der Waals surface area (Å²) >= 11 is 6.00. The van der Waals surface area contributed by atoms with Gasteiger partial charge in [-0.3, -0.25) is 14.4 Å². The number of nitrogens with zero attached hydrogens (tertiary/aromatic N) is 2. The number of benzene rings is 3. The molecule has 168 valence electrons. The highest BCUT2D eigenvalue weighted by molar-refractivity contribution is 6.30. The van der Waals surface area contributed by atoms with E-state index in [2.05, 4.69) is 0 Å². The molecule has 2 saturated heterocycles. The highest BCUT2D eigenvalue weighted by Crippen LogP contribution is 2.53.